The minimum absolute atomic E-state index is 0.291. The van der Waals surface area contributed by atoms with Crippen LogP contribution in [0.25, 0.3) is 0 Å². The van der Waals surface area contributed by atoms with E-state index < -0.39 is 0 Å². The van der Waals surface area contributed by atoms with Crippen molar-refractivity contribution in [2.24, 2.45) is 5.41 Å². The van der Waals surface area contributed by atoms with Crippen LogP contribution in [0.3, 0.4) is 0 Å². The van der Waals surface area contributed by atoms with Crippen molar-refractivity contribution in [1.29, 1.82) is 0 Å². The van der Waals surface area contributed by atoms with Crippen LogP contribution in [0.4, 0.5) is 11.6 Å². The highest BCUT2D eigenvalue weighted by atomic mass is 16.5. The lowest BCUT2D eigenvalue weighted by molar-refractivity contribution is 0.178. The molecule has 3 N–H and O–H groups in total. The van der Waals surface area contributed by atoms with Crippen LogP contribution in [-0.2, 0) is 11.3 Å². The molecule has 0 radical (unpaired) electrons. The molecule has 106 valence electrons. The highest BCUT2D eigenvalue weighted by Gasteiger charge is 2.32. The fourth-order valence-corrected chi connectivity index (χ4v) is 2.73. The quantitative estimate of drug-likeness (QED) is 0.874. The van der Waals surface area contributed by atoms with Crippen LogP contribution < -0.4 is 11.1 Å². The lowest BCUT2D eigenvalue weighted by atomic mass is 9.73. The molecule has 2 rings (SSSR count). The Labute approximate surface area is 115 Å². The first-order valence-electron chi connectivity index (χ1n) is 6.90. The second-order valence-corrected chi connectivity index (χ2v) is 5.96. The highest BCUT2D eigenvalue weighted by Crippen LogP contribution is 2.37. The van der Waals surface area contributed by atoms with Gasteiger partial charge in [-0.15, -0.1) is 0 Å². The van der Waals surface area contributed by atoms with Crippen molar-refractivity contribution in [1.82, 2.24) is 9.97 Å². The van der Waals surface area contributed by atoms with Gasteiger partial charge in [-0.3, -0.25) is 0 Å². The number of hydrogen-bond acceptors (Lipinski definition) is 5. The summed E-state index contributed by atoms with van der Waals surface area (Å²) in [5.74, 6) is 1.91. The van der Waals surface area contributed by atoms with Gasteiger partial charge in [0.05, 0.1) is 0 Å². The number of nitrogens with zero attached hydrogens (tertiary/aromatic N) is 2. The lowest BCUT2D eigenvalue weighted by Crippen LogP contribution is -2.39. The molecule has 19 heavy (non-hydrogen) atoms. The van der Waals surface area contributed by atoms with Gasteiger partial charge in [-0.2, -0.15) is 0 Å². The van der Waals surface area contributed by atoms with Gasteiger partial charge in [0.15, 0.2) is 5.82 Å². The molecule has 0 aromatic carbocycles. The van der Waals surface area contributed by atoms with E-state index in [4.69, 9.17) is 10.5 Å². The van der Waals surface area contributed by atoms with Crippen LogP contribution in [-0.4, -0.2) is 23.1 Å². The van der Waals surface area contributed by atoms with Gasteiger partial charge in [0, 0.05) is 19.2 Å². The fraction of sp³-hybridized carbons (Fsp3) is 0.714. The number of nitrogens with one attached hydrogen (secondary N) is 1. The summed E-state index contributed by atoms with van der Waals surface area (Å²) >= 11 is 0. The molecule has 0 saturated heterocycles. The largest absolute Gasteiger partial charge is 0.384 e. The molecule has 5 nitrogen and oxygen atoms in total. The van der Waals surface area contributed by atoms with Crippen molar-refractivity contribution in [3.8, 4) is 0 Å². The minimum Gasteiger partial charge on any atom is -0.384 e. The summed E-state index contributed by atoms with van der Waals surface area (Å²) in [6.45, 7) is 5.00. The van der Waals surface area contributed by atoms with Crippen LogP contribution in [0.15, 0.2) is 6.07 Å². The van der Waals surface area contributed by atoms with Gasteiger partial charge in [0.25, 0.3) is 0 Å². The Hall–Kier alpha value is -1.36. The molecule has 1 aliphatic carbocycles. The molecule has 0 amide bonds. The van der Waals surface area contributed by atoms with Crippen molar-refractivity contribution < 1.29 is 4.74 Å². The zero-order valence-corrected chi connectivity index (χ0v) is 12.1. The highest BCUT2D eigenvalue weighted by molar-refractivity contribution is 5.45. The Balaban J connectivity index is 2.13. The van der Waals surface area contributed by atoms with Gasteiger partial charge in [-0.05, 0) is 18.3 Å². The maximum absolute atomic E-state index is 5.82. The second-order valence-electron chi connectivity index (χ2n) is 5.96. The van der Waals surface area contributed by atoms with E-state index >= 15 is 0 Å². The molecular weight excluding hydrogens is 240 g/mol. The standard InChI is InChI=1S/C14H24N4O/c1-14(2)7-5-4-6-10(14)16-12-8-11(15)17-13(18-12)9-19-3/h8,10H,4-7,9H2,1-3H3,(H3,15,16,17,18). The van der Waals surface area contributed by atoms with E-state index in [0.29, 0.717) is 29.7 Å². The summed E-state index contributed by atoms with van der Waals surface area (Å²) in [6.07, 6.45) is 5.01. The van der Waals surface area contributed by atoms with Crippen molar-refractivity contribution >= 4 is 11.6 Å². The summed E-state index contributed by atoms with van der Waals surface area (Å²) < 4.78 is 5.06. The summed E-state index contributed by atoms with van der Waals surface area (Å²) in [5.41, 5.74) is 6.11. The second kappa shape index (κ2) is 5.74. The van der Waals surface area contributed by atoms with Crippen molar-refractivity contribution in [3.63, 3.8) is 0 Å². The molecule has 1 atom stereocenters. The average molecular weight is 264 g/mol. The molecule has 0 aliphatic heterocycles. The Morgan fingerprint density at radius 1 is 1.42 bits per heavy atom. The number of nitrogens with two attached hydrogens (primary N) is 1. The number of methoxy groups -OCH3 is 1. The molecule has 1 saturated carbocycles. The monoisotopic (exact) mass is 264 g/mol. The van der Waals surface area contributed by atoms with Crippen LogP contribution in [0.5, 0.6) is 0 Å². The summed E-state index contributed by atoms with van der Waals surface area (Å²) in [4.78, 5) is 8.61. The third-order valence-electron chi connectivity index (χ3n) is 3.90. The maximum atomic E-state index is 5.82. The molecule has 1 aliphatic rings. The number of ether oxygens (including phenoxy) is 1. The first-order valence-corrected chi connectivity index (χ1v) is 6.90. The molecule has 1 heterocycles. The lowest BCUT2D eigenvalue weighted by Gasteiger charge is -2.39. The van der Waals surface area contributed by atoms with Gasteiger partial charge >= 0.3 is 0 Å². The van der Waals surface area contributed by atoms with Crippen LogP contribution in [0.1, 0.15) is 45.4 Å². The third kappa shape index (κ3) is 3.56. The first-order chi connectivity index (χ1) is 9.01. The number of nitrogen functional groups attached to an aromatic ring is 1. The maximum Gasteiger partial charge on any atom is 0.158 e. The van der Waals surface area contributed by atoms with Gasteiger partial charge in [-0.1, -0.05) is 26.7 Å². The van der Waals surface area contributed by atoms with Crippen LogP contribution in [0.2, 0.25) is 0 Å². The molecule has 1 aromatic heterocycles. The topological polar surface area (TPSA) is 73.1 Å². The summed E-state index contributed by atoms with van der Waals surface area (Å²) in [5, 5.41) is 3.52. The molecule has 0 bridgehead atoms. The van der Waals surface area contributed by atoms with Crippen LogP contribution >= 0.6 is 0 Å². The van der Waals surface area contributed by atoms with Crippen molar-refractivity contribution in [3.05, 3.63) is 11.9 Å². The van der Waals surface area contributed by atoms with Gasteiger partial charge in [-0.25, -0.2) is 9.97 Å². The smallest absolute Gasteiger partial charge is 0.158 e. The average Bonchev–Trinajstić information content (AvgIpc) is 2.31. The van der Waals surface area contributed by atoms with Crippen LogP contribution in [0, 0.1) is 5.41 Å². The number of rotatable bonds is 4. The van der Waals surface area contributed by atoms with Crippen molar-refractivity contribution in [2.45, 2.75) is 52.2 Å². The number of anilines is 2. The Morgan fingerprint density at radius 2 is 2.21 bits per heavy atom. The molecular formula is C14H24N4O. The number of hydrogen-bond donors (Lipinski definition) is 2. The fourth-order valence-electron chi connectivity index (χ4n) is 2.73. The van der Waals surface area contributed by atoms with E-state index in [0.717, 1.165) is 5.82 Å². The summed E-state index contributed by atoms with van der Waals surface area (Å²) in [6, 6.07) is 2.23. The normalized spacial score (nSPS) is 22.2. The van der Waals surface area contributed by atoms with Crippen molar-refractivity contribution in [2.75, 3.05) is 18.2 Å². The van der Waals surface area contributed by atoms with E-state index in [1.54, 1.807) is 13.2 Å². The molecule has 5 heteroatoms. The van der Waals surface area contributed by atoms with Gasteiger partial charge in [0.1, 0.15) is 18.2 Å². The van der Waals surface area contributed by atoms with E-state index in [1.165, 1.54) is 25.7 Å². The summed E-state index contributed by atoms with van der Waals surface area (Å²) in [7, 11) is 1.63. The predicted molar refractivity (Wildman–Crippen MR) is 76.8 cm³/mol. The van der Waals surface area contributed by atoms with Gasteiger partial charge in [0.2, 0.25) is 0 Å². The molecule has 1 unspecified atom stereocenters. The molecule has 1 aromatic rings. The van der Waals surface area contributed by atoms with E-state index in [9.17, 15) is 0 Å². The molecule has 1 fully saturated rings. The first kappa shape index (κ1) is 14.1. The van der Waals surface area contributed by atoms with E-state index in [2.05, 4.69) is 29.1 Å². The predicted octanol–water partition coefficient (Wildman–Crippen LogP) is 2.59. The van der Waals surface area contributed by atoms with Gasteiger partial charge < -0.3 is 15.8 Å². The van der Waals surface area contributed by atoms with E-state index in [1.807, 2.05) is 0 Å². The zero-order chi connectivity index (χ0) is 13.9. The van der Waals surface area contributed by atoms with E-state index in [-0.39, 0.29) is 0 Å². The SMILES string of the molecule is COCc1nc(N)cc(NC2CCCCC2(C)C)n1. The third-order valence-corrected chi connectivity index (χ3v) is 3.90. The molecule has 0 spiro atoms. The number of aromatic nitrogens is 2. The Morgan fingerprint density at radius 3 is 2.89 bits per heavy atom. The zero-order valence-electron chi connectivity index (χ0n) is 12.1. The Kier molecular flexibility index (Phi) is 4.24. The minimum atomic E-state index is 0.291. The Bertz CT molecular complexity index is 433.